The highest BCUT2D eigenvalue weighted by Crippen LogP contribution is 2.55. The number of halogens is 2. The zero-order valence-electron chi connectivity index (χ0n) is 39.8. The summed E-state index contributed by atoms with van der Waals surface area (Å²) in [6, 6.07) is 15.5. The van der Waals surface area contributed by atoms with Crippen LogP contribution in [0.2, 0.25) is 0 Å². The van der Waals surface area contributed by atoms with Crippen molar-refractivity contribution in [2.24, 2.45) is 17.8 Å². The third-order valence-electron chi connectivity index (χ3n) is 17.4. The van der Waals surface area contributed by atoms with Crippen molar-refractivity contribution in [2.75, 3.05) is 36.0 Å². The second kappa shape index (κ2) is 18.5. The lowest BCUT2D eigenvalue weighted by Gasteiger charge is -2.43. The van der Waals surface area contributed by atoms with Gasteiger partial charge >= 0.3 is 0 Å². The Hall–Kier alpha value is -5.00. The van der Waals surface area contributed by atoms with E-state index in [0.717, 1.165) is 135 Å². The van der Waals surface area contributed by atoms with Crippen LogP contribution < -0.4 is 9.80 Å². The summed E-state index contributed by atoms with van der Waals surface area (Å²) in [4.78, 5) is 53.2. The third kappa shape index (κ3) is 8.40. The van der Waals surface area contributed by atoms with E-state index in [1.165, 1.54) is 38.5 Å². The maximum atomic E-state index is 16.6. The fourth-order valence-electron chi connectivity index (χ4n) is 13.6. The lowest BCUT2D eigenvalue weighted by molar-refractivity contribution is -0.134. The molecule has 4 aliphatic heterocycles. The molecule has 356 valence electrons. The Morgan fingerprint density at radius 1 is 0.627 bits per heavy atom. The molecule has 10 nitrogen and oxygen atoms in total. The molecule has 67 heavy (non-hydrogen) atoms. The van der Waals surface area contributed by atoms with Crippen molar-refractivity contribution >= 4 is 45.3 Å². The summed E-state index contributed by atoms with van der Waals surface area (Å²) in [5.41, 5.74) is 5.49. The van der Waals surface area contributed by atoms with Crippen LogP contribution in [0.25, 0.3) is 22.1 Å². The van der Waals surface area contributed by atoms with E-state index >= 15 is 8.78 Å². The summed E-state index contributed by atoms with van der Waals surface area (Å²) < 4.78 is 33.2. The van der Waals surface area contributed by atoms with Gasteiger partial charge < -0.3 is 29.6 Å². The average molecular weight is 913 g/mol. The molecule has 6 fully saturated rings. The molecule has 12 heteroatoms. The SMILES string of the molecule is CC1C[C@H](c2ccc3nc(C4CCCN4C(=O)CC4CCCCC4)[nH]c3c2)N(c2cc(F)c(N3CCCCC3)c(F)c2)[C@]1(C)c1ccc2nc(C3CCCN3C(=O)CC3CCCCC3)[nH]c2c1. The van der Waals surface area contributed by atoms with Crippen molar-refractivity contribution in [1.29, 1.82) is 0 Å². The Morgan fingerprint density at radius 3 is 1.72 bits per heavy atom. The number of carbonyl (C=O) groups is 2. The number of nitrogens with one attached hydrogen (secondary N) is 2. The Bertz CT molecular complexity index is 2580. The molecule has 5 atom stereocenters. The molecule has 2 saturated carbocycles. The van der Waals surface area contributed by atoms with Gasteiger partial charge in [0.1, 0.15) is 17.3 Å². The molecule has 2 aliphatic carbocycles. The summed E-state index contributed by atoms with van der Waals surface area (Å²) >= 11 is 0. The first-order valence-electron chi connectivity index (χ1n) is 26.2. The zero-order valence-corrected chi connectivity index (χ0v) is 39.8. The fourth-order valence-corrected chi connectivity index (χ4v) is 13.6. The molecular weight excluding hydrogens is 843 g/mol. The van der Waals surface area contributed by atoms with Gasteiger partial charge in [-0.15, -0.1) is 0 Å². The van der Waals surface area contributed by atoms with Crippen LogP contribution in [0.3, 0.4) is 0 Å². The van der Waals surface area contributed by atoms with Crippen LogP contribution in [-0.2, 0) is 15.1 Å². The van der Waals surface area contributed by atoms with Crippen LogP contribution in [0.1, 0.15) is 183 Å². The number of amides is 2. The predicted molar refractivity (Wildman–Crippen MR) is 261 cm³/mol. The summed E-state index contributed by atoms with van der Waals surface area (Å²) in [7, 11) is 0. The number of hydrogen-bond donors (Lipinski definition) is 2. The molecule has 2 N–H and O–H groups in total. The predicted octanol–water partition coefficient (Wildman–Crippen LogP) is 12.5. The minimum Gasteiger partial charge on any atom is -0.367 e. The van der Waals surface area contributed by atoms with Gasteiger partial charge in [-0.1, -0.05) is 57.6 Å². The number of aromatic nitrogens is 4. The number of anilines is 2. The number of imidazole rings is 2. The Kier molecular flexibility index (Phi) is 12.3. The number of nitrogens with zero attached hydrogens (tertiary/aromatic N) is 6. The van der Waals surface area contributed by atoms with E-state index in [4.69, 9.17) is 9.97 Å². The molecule has 11 rings (SSSR count). The standard InChI is InChI=1S/C55H70F2N8O2/c1-35-28-49(38-20-22-43-45(31-38)60-53(58-43)47-18-12-26-63(47)50(66)29-36-14-6-3-7-15-36)65(40-33-41(56)52(42(57)34-40)62-24-10-5-11-25-62)55(35,2)39-21-23-44-46(32-39)61-54(59-44)48-19-13-27-64(48)51(67)30-37-16-8-4-9-17-37/h20-23,31-37,47-49H,3-19,24-30H2,1-2H3,(H,58,60)(H,59,61)/t35?,47?,48?,49-,55+/m1/s1. The second-order valence-corrected chi connectivity index (χ2v) is 21.6. The first-order chi connectivity index (χ1) is 32.6. The molecule has 0 radical (unpaired) electrons. The van der Waals surface area contributed by atoms with Crippen LogP contribution in [0.5, 0.6) is 0 Å². The largest absolute Gasteiger partial charge is 0.367 e. The van der Waals surface area contributed by atoms with Gasteiger partial charge in [-0.05, 0) is 149 Å². The molecule has 6 aliphatic rings. The summed E-state index contributed by atoms with van der Waals surface area (Å²) in [6.45, 7) is 7.29. The van der Waals surface area contributed by atoms with Gasteiger partial charge in [-0.2, -0.15) is 0 Å². The van der Waals surface area contributed by atoms with Gasteiger partial charge in [0.2, 0.25) is 11.8 Å². The van der Waals surface area contributed by atoms with Gasteiger partial charge in [-0.3, -0.25) is 9.59 Å². The summed E-state index contributed by atoms with van der Waals surface area (Å²) in [5.74, 6) is 2.15. The number of likely N-dealkylation sites (tertiary alicyclic amines) is 2. The van der Waals surface area contributed by atoms with Gasteiger partial charge in [0.05, 0.1) is 45.7 Å². The highest BCUT2D eigenvalue weighted by atomic mass is 19.1. The lowest BCUT2D eigenvalue weighted by atomic mass is 9.81. The van der Waals surface area contributed by atoms with Crippen molar-refractivity contribution in [3.05, 3.63) is 82.9 Å². The van der Waals surface area contributed by atoms with E-state index < -0.39 is 17.2 Å². The van der Waals surface area contributed by atoms with E-state index in [-0.39, 0.29) is 41.5 Å². The van der Waals surface area contributed by atoms with Crippen LogP contribution in [0.4, 0.5) is 20.2 Å². The highest BCUT2D eigenvalue weighted by Gasteiger charge is 2.50. The maximum absolute atomic E-state index is 16.6. The van der Waals surface area contributed by atoms with E-state index in [0.29, 0.717) is 43.5 Å². The molecule has 3 unspecified atom stereocenters. The van der Waals surface area contributed by atoms with Crippen LogP contribution >= 0.6 is 0 Å². The normalized spacial score (nSPS) is 26.7. The number of piperidine rings is 1. The van der Waals surface area contributed by atoms with Gasteiger partial charge in [0, 0.05) is 44.7 Å². The fraction of sp³-hybridized carbons (Fsp3) is 0.600. The number of fused-ring (bicyclic) bond motifs is 2. The summed E-state index contributed by atoms with van der Waals surface area (Å²) in [5, 5.41) is 0. The maximum Gasteiger partial charge on any atom is 0.223 e. The summed E-state index contributed by atoms with van der Waals surface area (Å²) in [6.07, 6.45) is 20.7. The minimum atomic E-state index is -0.678. The van der Waals surface area contributed by atoms with Crippen LogP contribution in [0, 0.1) is 29.4 Å². The first kappa shape index (κ1) is 44.5. The highest BCUT2D eigenvalue weighted by molar-refractivity contribution is 5.81. The van der Waals surface area contributed by atoms with E-state index in [2.05, 4.69) is 74.9 Å². The Labute approximate surface area is 394 Å². The number of rotatable bonds is 10. The molecular formula is C55H70F2N8O2. The van der Waals surface area contributed by atoms with Crippen molar-refractivity contribution < 1.29 is 18.4 Å². The lowest BCUT2D eigenvalue weighted by Crippen LogP contribution is -2.43. The van der Waals surface area contributed by atoms with Crippen molar-refractivity contribution in [3.63, 3.8) is 0 Å². The monoisotopic (exact) mass is 913 g/mol. The van der Waals surface area contributed by atoms with Crippen LogP contribution in [-0.4, -0.2) is 67.7 Å². The van der Waals surface area contributed by atoms with Gasteiger partial charge in [-0.25, -0.2) is 18.7 Å². The molecule has 2 amide bonds. The molecule has 3 aromatic carbocycles. The zero-order chi connectivity index (χ0) is 45.8. The van der Waals surface area contributed by atoms with Gasteiger partial charge in [0.15, 0.2) is 11.6 Å². The van der Waals surface area contributed by atoms with E-state index in [9.17, 15) is 9.59 Å². The molecule has 4 saturated heterocycles. The number of hydrogen-bond acceptors (Lipinski definition) is 6. The van der Waals surface area contributed by atoms with Crippen LogP contribution in [0.15, 0.2) is 48.5 Å². The number of benzene rings is 3. The van der Waals surface area contributed by atoms with E-state index in [1.54, 1.807) is 12.1 Å². The molecule has 6 heterocycles. The van der Waals surface area contributed by atoms with Crippen molar-refractivity contribution in [3.8, 4) is 0 Å². The second-order valence-electron chi connectivity index (χ2n) is 21.6. The quantitative estimate of drug-likeness (QED) is 0.145. The van der Waals surface area contributed by atoms with E-state index in [1.807, 2.05) is 4.90 Å². The smallest absolute Gasteiger partial charge is 0.223 e. The average Bonchev–Trinajstić information content (AvgIpc) is 4.19. The number of H-pyrrole nitrogens is 2. The van der Waals surface area contributed by atoms with Crippen molar-refractivity contribution in [1.82, 2.24) is 29.7 Å². The number of carbonyl (C=O) groups excluding carboxylic acids is 2. The topological polar surface area (TPSA) is 104 Å². The molecule has 2 aromatic heterocycles. The third-order valence-corrected chi connectivity index (χ3v) is 17.4. The Balaban J connectivity index is 0.925. The first-order valence-corrected chi connectivity index (χ1v) is 26.2. The molecule has 5 aromatic rings. The molecule has 0 spiro atoms. The number of aromatic amines is 2. The Morgan fingerprint density at radius 2 is 1.15 bits per heavy atom. The molecule has 0 bridgehead atoms. The minimum absolute atomic E-state index is 0.0701. The van der Waals surface area contributed by atoms with Crippen molar-refractivity contribution in [2.45, 2.75) is 166 Å². The van der Waals surface area contributed by atoms with Gasteiger partial charge in [0.25, 0.3) is 0 Å².